The van der Waals surface area contributed by atoms with Gasteiger partial charge in [0, 0.05) is 18.2 Å². The van der Waals surface area contributed by atoms with Crippen LogP contribution < -0.4 is 9.47 Å². The van der Waals surface area contributed by atoms with Crippen LogP contribution in [0.25, 0.3) is 0 Å². The minimum atomic E-state index is 0.0156. The van der Waals surface area contributed by atoms with E-state index in [2.05, 4.69) is 4.98 Å². The van der Waals surface area contributed by atoms with E-state index in [0.717, 1.165) is 29.8 Å². The molecule has 5 nitrogen and oxygen atoms in total. The summed E-state index contributed by atoms with van der Waals surface area (Å²) in [7, 11) is 0. The van der Waals surface area contributed by atoms with Gasteiger partial charge in [-0.3, -0.25) is 9.78 Å². The summed E-state index contributed by atoms with van der Waals surface area (Å²) in [6.45, 7) is 2.51. The summed E-state index contributed by atoms with van der Waals surface area (Å²) in [6.07, 6.45) is 6.87. The molecule has 1 aliphatic rings. The summed E-state index contributed by atoms with van der Waals surface area (Å²) in [6, 6.07) is 16.9. The fourth-order valence-corrected chi connectivity index (χ4v) is 4.18. The quantitative estimate of drug-likeness (QED) is 0.420. The highest BCUT2D eigenvalue weighted by atomic mass is 16.5. The zero-order chi connectivity index (χ0) is 22.3. The molecular formula is C27H29NO4. The van der Waals surface area contributed by atoms with E-state index < -0.39 is 0 Å². The minimum absolute atomic E-state index is 0.0156. The molecule has 0 bridgehead atoms. The number of phenolic OH excluding ortho intramolecular Hbond substituents is 1. The van der Waals surface area contributed by atoms with Crippen molar-refractivity contribution < 1.29 is 19.4 Å². The Morgan fingerprint density at radius 2 is 1.88 bits per heavy atom. The molecule has 0 aliphatic heterocycles. The molecule has 0 amide bonds. The van der Waals surface area contributed by atoms with Gasteiger partial charge in [-0.25, -0.2) is 0 Å². The number of hydrogen-bond donors (Lipinski definition) is 1. The number of aromatic hydroxyl groups is 1. The number of carbonyl (C=O) groups excluding carboxylic acids is 1. The number of benzene rings is 2. The molecule has 1 aliphatic carbocycles. The first-order valence-corrected chi connectivity index (χ1v) is 11.2. The Bertz CT molecular complexity index is 1060. The van der Waals surface area contributed by atoms with Gasteiger partial charge < -0.3 is 14.6 Å². The van der Waals surface area contributed by atoms with Gasteiger partial charge in [0.05, 0.1) is 11.3 Å². The number of ether oxygens (including phenoxy) is 2. The number of aromatic nitrogens is 1. The molecule has 4 rings (SSSR count). The van der Waals surface area contributed by atoms with Gasteiger partial charge in [-0.05, 0) is 54.8 Å². The summed E-state index contributed by atoms with van der Waals surface area (Å²) < 4.78 is 11.8. The highest BCUT2D eigenvalue weighted by Gasteiger charge is 2.22. The molecule has 1 N–H and O–H groups in total. The van der Waals surface area contributed by atoms with Gasteiger partial charge in [-0.2, -0.15) is 0 Å². The number of phenols is 1. The van der Waals surface area contributed by atoms with Gasteiger partial charge in [-0.15, -0.1) is 0 Å². The molecule has 1 heterocycles. The van der Waals surface area contributed by atoms with Crippen molar-refractivity contribution in [2.24, 2.45) is 5.92 Å². The van der Waals surface area contributed by atoms with E-state index in [-0.39, 0.29) is 11.5 Å². The number of nitrogens with zero attached hydrogens (tertiary/aromatic N) is 1. The van der Waals surface area contributed by atoms with E-state index >= 15 is 0 Å². The second-order valence-electron chi connectivity index (χ2n) is 8.41. The average molecular weight is 432 g/mol. The molecule has 2 aromatic carbocycles. The fourth-order valence-electron chi connectivity index (χ4n) is 4.18. The van der Waals surface area contributed by atoms with E-state index in [9.17, 15) is 9.90 Å². The Morgan fingerprint density at radius 3 is 2.66 bits per heavy atom. The van der Waals surface area contributed by atoms with Gasteiger partial charge in [0.15, 0.2) is 5.78 Å². The lowest BCUT2D eigenvalue weighted by Crippen LogP contribution is -2.07. The lowest BCUT2D eigenvalue weighted by molar-refractivity contribution is 0.0959. The van der Waals surface area contributed by atoms with E-state index in [1.54, 1.807) is 25.3 Å². The van der Waals surface area contributed by atoms with Crippen LogP contribution in [0.1, 0.15) is 59.3 Å². The van der Waals surface area contributed by atoms with Gasteiger partial charge in [0.25, 0.3) is 0 Å². The van der Waals surface area contributed by atoms with Crippen molar-refractivity contribution in [2.45, 2.75) is 52.2 Å². The first-order chi connectivity index (χ1) is 15.6. The van der Waals surface area contributed by atoms with Crippen LogP contribution in [0.2, 0.25) is 0 Å². The normalized spacial score (nSPS) is 13.8. The lowest BCUT2D eigenvalue weighted by Gasteiger charge is -2.14. The molecule has 0 saturated heterocycles. The Kier molecular flexibility index (Phi) is 7.05. The zero-order valence-corrected chi connectivity index (χ0v) is 18.4. The van der Waals surface area contributed by atoms with Crippen LogP contribution in [0.3, 0.4) is 0 Å². The van der Waals surface area contributed by atoms with Crippen LogP contribution in [-0.2, 0) is 13.2 Å². The Labute approximate surface area is 189 Å². The molecule has 0 atom stereocenters. The van der Waals surface area contributed by atoms with E-state index in [4.69, 9.17) is 9.47 Å². The van der Waals surface area contributed by atoms with Crippen molar-refractivity contribution in [1.82, 2.24) is 4.98 Å². The third-order valence-electron chi connectivity index (χ3n) is 6.04. The molecule has 0 radical (unpaired) electrons. The lowest BCUT2D eigenvalue weighted by atomic mass is 9.95. The molecule has 1 aromatic heterocycles. The number of hydrogen-bond acceptors (Lipinski definition) is 5. The van der Waals surface area contributed by atoms with Gasteiger partial charge in [0.2, 0.25) is 0 Å². The molecule has 0 unspecified atom stereocenters. The monoisotopic (exact) mass is 431 g/mol. The van der Waals surface area contributed by atoms with Crippen molar-refractivity contribution in [3.05, 3.63) is 83.2 Å². The number of carbonyl (C=O) groups is 1. The molecule has 5 heteroatoms. The van der Waals surface area contributed by atoms with Crippen LogP contribution >= 0.6 is 0 Å². The smallest absolute Gasteiger partial charge is 0.166 e. The third-order valence-corrected chi connectivity index (χ3v) is 6.04. The van der Waals surface area contributed by atoms with Gasteiger partial charge in [-0.1, -0.05) is 43.9 Å². The van der Waals surface area contributed by atoms with Crippen molar-refractivity contribution in [3.8, 4) is 17.2 Å². The summed E-state index contributed by atoms with van der Waals surface area (Å²) in [5, 5.41) is 10.6. The topological polar surface area (TPSA) is 68.7 Å². The predicted octanol–water partition coefficient (Wildman–Crippen LogP) is 6.02. The SMILES string of the molecule is Cc1c(OCc2cccc(OCc3ccccn3)c2)ccc(C(=O)CC2CCCC2)c1O. The van der Waals surface area contributed by atoms with E-state index in [1.807, 2.05) is 42.5 Å². The average Bonchev–Trinajstić information content (AvgIpc) is 3.32. The van der Waals surface area contributed by atoms with Crippen LogP contribution in [0.5, 0.6) is 17.2 Å². The molecule has 1 saturated carbocycles. The highest BCUT2D eigenvalue weighted by molar-refractivity contribution is 5.99. The van der Waals surface area contributed by atoms with Crippen molar-refractivity contribution >= 4 is 5.78 Å². The van der Waals surface area contributed by atoms with Crippen molar-refractivity contribution in [2.75, 3.05) is 0 Å². The van der Waals surface area contributed by atoms with E-state index in [0.29, 0.717) is 42.4 Å². The number of rotatable bonds is 9. The second-order valence-corrected chi connectivity index (χ2v) is 8.41. The predicted molar refractivity (Wildman–Crippen MR) is 123 cm³/mol. The maximum Gasteiger partial charge on any atom is 0.166 e. The van der Waals surface area contributed by atoms with Crippen LogP contribution in [0.4, 0.5) is 0 Å². The summed E-state index contributed by atoms with van der Waals surface area (Å²) in [5.41, 5.74) is 2.79. The number of pyridine rings is 1. The van der Waals surface area contributed by atoms with E-state index in [1.165, 1.54) is 12.8 Å². The Hall–Kier alpha value is -3.34. The molecule has 32 heavy (non-hydrogen) atoms. The summed E-state index contributed by atoms with van der Waals surface area (Å²) >= 11 is 0. The maximum absolute atomic E-state index is 12.6. The first-order valence-electron chi connectivity index (χ1n) is 11.2. The molecule has 1 fully saturated rings. The number of ketones is 1. The molecular weight excluding hydrogens is 402 g/mol. The zero-order valence-electron chi connectivity index (χ0n) is 18.4. The Morgan fingerprint density at radius 1 is 1.03 bits per heavy atom. The van der Waals surface area contributed by atoms with Gasteiger partial charge >= 0.3 is 0 Å². The van der Waals surface area contributed by atoms with Crippen molar-refractivity contribution in [1.29, 1.82) is 0 Å². The second kappa shape index (κ2) is 10.3. The highest BCUT2D eigenvalue weighted by Crippen LogP contribution is 2.34. The van der Waals surface area contributed by atoms with Crippen molar-refractivity contribution in [3.63, 3.8) is 0 Å². The van der Waals surface area contributed by atoms with Crippen LogP contribution in [0.15, 0.2) is 60.8 Å². The van der Waals surface area contributed by atoms with Gasteiger partial charge in [0.1, 0.15) is 30.5 Å². The Balaban J connectivity index is 1.37. The fraction of sp³-hybridized carbons (Fsp3) is 0.333. The maximum atomic E-state index is 12.6. The molecule has 0 spiro atoms. The van der Waals surface area contributed by atoms with Crippen LogP contribution in [-0.4, -0.2) is 15.9 Å². The standard InChI is InChI=1S/C27H29NO4/c1-19-26(13-12-24(27(19)30)25(29)16-20-7-2-3-8-20)32-17-21-9-6-11-23(15-21)31-18-22-10-4-5-14-28-22/h4-6,9-15,20,30H,2-3,7-8,16-18H2,1H3. The third kappa shape index (κ3) is 5.47. The number of Topliss-reactive ketones (excluding diaryl/α,β-unsaturated/α-hetero) is 1. The first kappa shape index (κ1) is 21.9. The minimum Gasteiger partial charge on any atom is -0.507 e. The van der Waals surface area contributed by atoms with Crippen LogP contribution in [0, 0.1) is 12.8 Å². The molecule has 166 valence electrons. The summed E-state index contributed by atoms with van der Waals surface area (Å²) in [5.74, 6) is 1.80. The largest absolute Gasteiger partial charge is 0.507 e. The summed E-state index contributed by atoms with van der Waals surface area (Å²) in [4.78, 5) is 16.9. The molecule has 3 aromatic rings.